The third kappa shape index (κ3) is 6.27. The summed E-state index contributed by atoms with van der Waals surface area (Å²) in [7, 11) is 0. The van der Waals surface area contributed by atoms with Gasteiger partial charge in [0, 0.05) is 37.0 Å². The second kappa shape index (κ2) is 13.8. The van der Waals surface area contributed by atoms with E-state index in [1.165, 1.54) is 4.90 Å². The zero-order valence-electron chi connectivity index (χ0n) is 24.0. The zero-order chi connectivity index (χ0) is 29.7. The summed E-state index contributed by atoms with van der Waals surface area (Å²) in [6.07, 6.45) is 8.73. The number of aliphatic hydroxyl groups is 1. The molecule has 0 aromatic carbocycles. The van der Waals surface area contributed by atoms with E-state index in [1.54, 1.807) is 19.1 Å². The number of nitrogens with zero attached hydrogens (tertiary/aromatic N) is 2. The van der Waals surface area contributed by atoms with Gasteiger partial charge in [-0.15, -0.1) is 13.2 Å². The van der Waals surface area contributed by atoms with Crippen molar-refractivity contribution in [2.45, 2.75) is 99.4 Å². The van der Waals surface area contributed by atoms with Crippen LogP contribution in [-0.2, 0) is 28.7 Å². The number of carbonyl (C=O) groups is 4. The first-order valence-corrected chi connectivity index (χ1v) is 15.8. The summed E-state index contributed by atoms with van der Waals surface area (Å²) >= 11 is 3.68. The Balaban J connectivity index is 1.58. The van der Waals surface area contributed by atoms with Gasteiger partial charge in [-0.25, -0.2) is 0 Å². The van der Waals surface area contributed by atoms with Crippen LogP contribution < -0.4 is 5.32 Å². The Hall–Kier alpha value is -2.24. The van der Waals surface area contributed by atoms with E-state index in [0.29, 0.717) is 32.2 Å². The van der Waals surface area contributed by atoms with Crippen molar-refractivity contribution in [1.82, 2.24) is 15.1 Å². The molecule has 0 radical (unpaired) electrons. The number of fused-ring (bicyclic) bond motifs is 1. The Morgan fingerprint density at radius 3 is 2.66 bits per heavy atom. The van der Waals surface area contributed by atoms with Crippen molar-refractivity contribution in [3.63, 3.8) is 0 Å². The molecule has 0 aromatic rings. The SMILES string of the molecule is C=CCCC(=O)NC[C@H](C)OC(=O)[C@H]1[C@@H]2O[C@@]3(CC2Br)[C@@H]1C(=O)N(CCCO)[C@@H]3C(=O)N(CC=C)C1CCCCC1. The molecule has 4 rings (SSSR count). The third-order valence-electron chi connectivity index (χ3n) is 8.96. The van der Waals surface area contributed by atoms with Gasteiger partial charge in [-0.1, -0.05) is 47.3 Å². The molecule has 1 unspecified atom stereocenters. The van der Waals surface area contributed by atoms with Crippen molar-refractivity contribution in [2.75, 3.05) is 26.2 Å². The lowest BCUT2D eigenvalue weighted by atomic mass is 9.70. The van der Waals surface area contributed by atoms with E-state index in [-0.39, 0.29) is 48.3 Å². The number of esters is 1. The van der Waals surface area contributed by atoms with Crippen molar-refractivity contribution in [3.8, 4) is 0 Å². The summed E-state index contributed by atoms with van der Waals surface area (Å²) in [6, 6.07) is -0.848. The molecule has 41 heavy (non-hydrogen) atoms. The average molecular weight is 639 g/mol. The number of ether oxygens (including phenoxy) is 2. The number of aliphatic hydroxyl groups excluding tert-OH is 1. The number of hydrogen-bond acceptors (Lipinski definition) is 7. The first-order chi connectivity index (χ1) is 19.7. The van der Waals surface area contributed by atoms with Gasteiger partial charge in [0.2, 0.25) is 17.7 Å². The van der Waals surface area contributed by atoms with Crippen LogP contribution in [0, 0.1) is 11.8 Å². The number of rotatable bonds is 14. The fraction of sp³-hybridized carbons (Fsp3) is 0.733. The molecule has 4 fully saturated rings. The lowest BCUT2D eigenvalue weighted by molar-refractivity contribution is -0.159. The second-order valence-corrected chi connectivity index (χ2v) is 12.9. The first kappa shape index (κ1) is 31.7. The molecule has 1 aliphatic carbocycles. The van der Waals surface area contributed by atoms with E-state index in [4.69, 9.17) is 9.47 Å². The predicted molar refractivity (Wildman–Crippen MR) is 156 cm³/mol. The van der Waals surface area contributed by atoms with Crippen LogP contribution in [-0.4, -0.2) is 99.6 Å². The van der Waals surface area contributed by atoms with Crippen LogP contribution in [0.1, 0.15) is 64.7 Å². The van der Waals surface area contributed by atoms with Gasteiger partial charge in [0.15, 0.2) is 0 Å². The second-order valence-electron chi connectivity index (χ2n) is 11.7. The molecule has 3 aliphatic heterocycles. The average Bonchev–Trinajstić information content (AvgIpc) is 3.55. The minimum atomic E-state index is -1.18. The zero-order valence-corrected chi connectivity index (χ0v) is 25.6. The lowest BCUT2D eigenvalue weighted by Gasteiger charge is -2.41. The third-order valence-corrected chi connectivity index (χ3v) is 9.80. The van der Waals surface area contributed by atoms with Gasteiger partial charge in [-0.05, 0) is 39.0 Å². The molecule has 3 heterocycles. The number of amides is 3. The Kier molecular flexibility index (Phi) is 10.7. The Bertz CT molecular complexity index is 1020. The van der Waals surface area contributed by atoms with Gasteiger partial charge in [0.05, 0.1) is 24.5 Å². The molecule has 11 heteroatoms. The molecule has 1 spiro atoms. The van der Waals surface area contributed by atoms with Crippen LogP contribution in [0.2, 0.25) is 0 Å². The molecule has 2 bridgehead atoms. The van der Waals surface area contributed by atoms with Gasteiger partial charge >= 0.3 is 5.97 Å². The predicted octanol–water partition coefficient (Wildman–Crippen LogP) is 2.48. The van der Waals surface area contributed by atoms with E-state index >= 15 is 0 Å². The molecule has 2 N–H and O–H groups in total. The van der Waals surface area contributed by atoms with Crippen molar-refractivity contribution < 1.29 is 33.8 Å². The molecule has 4 aliphatic rings. The van der Waals surface area contributed by atoms with Gasteiger partial charge < -0.3 is 29.7 Å². The number of nitrogens with one attached hydrogen (secondary N) is 1. The number of halogens is 1. The number of hydrogen-bond donors (Lipinski definition) is 2. The van der Waals surface area contributed by atoms with E-state index in [2.05, 4.69) is 34.4 Å². The summed E-state index contributed by atoms with van der Waals surface area (Å²) in [6.45, 7) is 9.74. The van der Waals surface area contributed by atoms with Crippen LogP contribution in [0.5, 0.6) is 0 Å². The van der Waals surface area contributed by atoms with Gasteiger partial charge in [-0.3, -0.25) is 19.2 Å². The largest absolute Gasteiger partial charge is 0.460 e. The number of likely N-dealkylation sites (tertiary alicyclic amines) is 1. The first-order valence-electron chi connectivity index (χ1n) is 14.9. The number of alkyl halides is 1. The van der Waals surface area contributed by atoms with Crippen molar-refractivity contribution in [1.29, 1.82) is 0 Å². The molecular formula is C30H44BrN3O7. The van der Waals surface area contributed by atoms with Crippen LogP contribution in [0.25, 0.3) is 0 Å². The maximum atomic E-state index is 14.4. The quantitative estimate of drug-likeness (QED) is 0.170. The highest BCUT2D eigenvalue weighted by atomic mass is 79.9. The Morgan fingerprint density at radius 1 is 1.27 bits per heavy atom. The summed E-state index contributed by atoms with van der Waals surface area (Å²) in [5.41, 5.74) is -1.18. The topological polar surface area (TPSA) is 125 Å². The van der Waals surface area contributed by atoms with Crippen molar-refractivity contribution in [2.24, 2.45) is 11.8 Å². The summed E-state index contributed by atoms with van der Waals surface area (Å²) in [4.78, 5) is 57.2. The standard InChI is InChI=1S/C30H44BrN3O7/c1-4-6-13-22(36)32-18-19(3)40-29(39)23-24-27(37)34(15-10-16-35)26(30(24)17-21(31)25(23)41-30)28(38)33(14-5-2)20-11-8-7-9-12-20/h4-5,19-21,23-26,35H,1-2,6-18H2,3H3,(H,32,36)/t19-,21?,23+,24-,25+,26+,30-/m0/s1. The highest BCUT2D eigenvalue weighted by molar-refractivity contribution is 9.09. The number of carbonyl (C=O) groups excluding carboxylic acids is 4. The highest BCUT2D eigenvalue weighted by Gasteiger charge is 2.77. The van der Waals surface area contributed by atoms with Crippen molar-refractivity contribution in [3.05, 3.63) is 25.3 Å². The normalized spacial score (nSPS) is 31.4. The van der Waals surface area contributed by atoms with Crippen LogP contribution in [0.3, 0.4) is 0 Å². The summed E-state index contributed by atoms with van der Waals surface area (Å²) in [5, 5.41) is 12.3. The Morgan fingerprint density at radius 2 is 2.00 bits per heavy atom. The molecule has 7 atom stereocenters. The monoisotopic (exact) mass is 637 g/mol. The summed E-state index contributed by atoms with van der Waals surface area (Å²) in [5.74, 6) is -2.99. The minimum Gasteiger partial charge on any atom is -0.460 e. The van der Waals surface area contributed by atoms with Crippen LogP contribution in [0.15, 0.2) is 25.3 Å². The molecular weight excluding hydrogens is 594 g/mol. The molecule has 3 amide bonds. The van der Waals surface area contributed by atoms with Gasteiger partial charge in [0.25, 0.3) is 0 Å². The van der Waals surface area contributed by atoms with Crippen molar-refractivity contribution >= 4 is 39.6 Å². The maximum absolute atomic E-state index is 14.4. The van der Waals surface area contributed by atoms with E-state index in [9.17, 15) is 24.3 Å². The lowest BCUT2D eigenvalue weighted by Crippen LogP contribution is -2.58. The van der Waals surface area contributed by atoms with Gasteiger partial charge in [0.1, 0.15) is 17.7 Å². The molecule has 3 saturated heterocycles. The molecule has 228 valence electrons. The highest BCUT2D eigenvalue weighted by Crippen LogP contribution is 2.60. The van der Waals surface area contributed by atoms with E-state index < -0.39 is 41.7 Å². The minimum absolute atomic E-state index is 0.0566. The van der Waals surface area contributed by atoms with Gasteiger partial charge in [-0.2, -0.15) is 0 Å². The fourth-order valence-electron chi connectivity index (χ4n) is 7.17. The van der Waals surface area contributed by atoms with E-state index in [0.717, 1.165) is 32.1 Å². The van der Waals surface area contributed by atoms with E-state index in [1.807, 2.05) is 4.90 Å². The maximum Gasteiger partial charge on any atom is 0.312 e. The fourth-order valence-corrected chi connectivity index (χ4v) is 8.11. The number of allylic oxidation sites excluding steroid dienone is 1. The molecule has 10 nitrogen and oxygen atoms in total. The molecule has 1 saturated carbocycles. The smallest absolute Gasteiger partial charge is 0.312 e. The van der Waals surface area contributed by atoms with Crippen LogP contribution >= 0.6 is 15.9 Å². The summed E-state index contributed by atoms with van der Waals surface area (Å²) < 4.78 is 12.3. The Labute approximate surface area is 251 Å². The van der Waals surface area contributed by atoms with Crippen LogP contribution in [0.4, 0.5) is 0 Å². The molecule has 0 aromatic heterocycles.